The fourth-order valence-corrected chi connectivity index (χ4v) is 2.20. The van der Waals surface area contributed by atoms with E-state index >= 15 is 0 Å². The van der Waals surface area contributed by atoms with Crippen molar-refractivity contribution >= 4 is 0 Å². The topological polar surface area (TPSA) is 12.0 Å². The molecule has 2 rings (SSSR count). The predicted octanol–water partition coefficient (Wildman–Crippen LogP) is 3.45. The first-order valence-corrected chi connectivity index (χ1v) is 6.57. The van der Waals surface area contributed by atoms with E-state index in [1.165, 1.54) is 18.4 Å². The van der Waals surface area contributed by atoms with Crippen molar-refractivity contribution in [1.82, 2.24) is 5.32 Å². The molecule has 2 unspecified atom stereocenters. The predicted molar refractivity (Wildman–Crippen MR) is 69.6 cm³/mol. The normalized spacial score (nSPS) is 19.1. The molecule has 1 aliphatic rings. The lowest BCUT2D eigenvalue weighted by Crippen LogP contribution is -2.34. The first-order valence-electron chi connectivity index (χ1n) is 6.57. The van der Waals surface area contributed by atoms with Crippen molar-refractivity contribution in [2.45, 2.75) is 52.1 Å². The third-order valence-electron chi connectivity index (χ3n) is 3.78. The molecule has 94 valence electrons. The number of rotatable bonds is 5. The number of halogens is 1. The second kappa shape index (κ2) is 5.18. The summed E-state index contributed by atoms with van der Waals surface area (Å²) in [4.78, 5) is 0. The van der Waals surface area contributed by atoms with Gasteiger partial charge < -0.3 is 5.32 Å². The van der Waals surface area contributed by atoms with E-state index in [2.05, 4.69) is 19.2 Å². The van der Waals surface area contributed by atoms with Crippen LogP contribution in [0.4, 0.5) is 4.39 Å². The Morgan fingerprint density at radius 1 is 1.35 bits per heavy atom. The highest BCUT2D eigenvalue weighted by Crippen LogP contribution is 2.22. The standard InChI is InChI=1S/C15H22FN/c1-10(12(3)17-15-6-7-15)8-13-4-5-14(16)9-11(13)2/h4-5,9-10,12,15,17H,6-8H2,1-3H3. The highest BCUT2D eigenvalue weighted by molar-refractivity contribution is 5.27. The van der Waals surface area contributed by atoms with Gasteiger partial charge in [0.2, 0.25) is 0 Å². The van der Waals surface area contributed by atoms with Gasteiger partial charge in [-0.05, 0) is 62.3 Å². The molecule has 0 spiro atoms. The van der Waals surface area contributed by atoms with Crippen LogP contribution in [0.2, 0.25) is 0 Å². The van der Waals surface area contributed by atoms with Gasteiger partial charge in [0.05, 0.1) is 0 Å². The molecule has 0 aromatic heterocycles. The van der Waals surface area contributed by atoms with Crippen molar-refractivity contribution in [3.63, 3.8) is 0 Å². The van der Waals surface area contributed by atoms with Gasteiger partial charge in [-0.25, -0.2) is 4.39 Å². The molecule has 1 aliphatic carbocycles. The second-order valence-electron chi connectivity index (χ2n) is 5.48. The summed E-state index contributed by atoms with van der Waals surface area (Å²) in [7, 11) is 0. The molecule has 1 aromatic rings. The Morgan fingerprint density at radius 3 is 2.65 bits per heavy atom. The minimum absolute atomic E-state index is 0.136. The summed E-state index contributed by atoms with van der Waals surface area (Å²) in [5.74, 6) is 0.447. The molecule has 1 nitrogen and oxygen atoms in total. The highest BCUT2D eigenvalue weighted by atomic mass is 19.1. The molecule has 0 bridgehead atoms. The zero-order valence-electron chi connectivity index (χ0n) is 11.0. The van der Waals surface area contributed by atoms with Gasteiger partial charge in [0.25, 0.3) is 0 Å². The largest absolute Gasteiger partial charge is 0.311 e. The summed E-state index contributed by atoms with van der Waals surface area (Å²) in [5.41, 5.74) is 2.33. The average Bonchev–Trinajstić information content (AvgIpc) is 3.06. The summed E-state index contributed by atoms with van der Waals surface area (Å²) < 4.78 is 13.0. The zero-order valence-corrected chi connectivity index (χ0v) is 11.0. The van der Waals surface area contributed by atoms with Crippen LogP contribution in [0.25, 0.3) is 0 Å². The Hall–Kier alpha value is -0.890. The molecule has 0 amide bonds. The van der Waals surface area contributed by atoms with Crippen LogP contribution in [0.1, 0.15) is 37.8 Å². The van der Waals surface area contributed by atoms with Crippen LogP contribution in [0, 0.1) is 18.7 Å². The van der Waals surface area contributed by atoms with Crippen molar-refractivity contribution in [3.8, 4) is 0 Å². The molecule has 0 saturated heterocycles. The van der Waals surface area contributed by atoms with E-state index in [4.69, 9.17) is 0 Å². The maximum Gasteiger partial charge on any atom is 0.123 e. The van der Waals surface area contributed by atoms with Crippen molar-refractivity contribution < 1.29 is 4.39 Å². The van der Waals surface area contributed by atoms with Crippen LogP contribution in [0.15, 0.2) is 18.2 Å². The smallest absolute Gasteiger partial charge is 0.123 e. The van der Waals surface area contributed by atoms with Gasteiger partial charge in [-0.15, -0.1) is 0 Å². The third kappa shape index (κ3) is 3.53. The van der Waals surface area contributed by atoms with Crippen LogP contribution in [0.3, 0.4) is 0 Å². The summed E-state index contributed by atoms with van der Waals surface area (Å²) in [6, 6.07) is 6.40. The molecule has 17 heavy (non-hydrogen) atoms. The van der Waals surface area contributed by atoms with E-state index in [1.807, 2.05) is 13.0 Å². The van der Waals surface area contributed by atoms with Crippen LogP contribution >= 0.6 is 0 Å². The minimum atomic E-state index is -0.136. The van der Waals surface area contributed by atoms with Gasteiger partial charge in [0.1, 0.15) is 5.82 Å². The van der Waals surface area contributed by atoms with Crippen LogP contribution in [-0.4, -0.2) is 12.1 Å². The summed E-state index contributed by atoms with van der Waals surface area (Å²) >= 11 is 0. The fourth-order valence-electron chi connectivity index (χ4n) is 2.20. The van der Waals surface area contributed by atoms with Gasteiger partial charge >= 0.3 is 0 Å². The van der Waals surface area contributed by atoms with E-state index in [0.29, 0.717) is 12.0 Å². The number of hydrogen-bond acceptors (Lipinski definition) is 1. The maximum absolute atomic E-state index is 13.0. The maximum atomic E-state index is 13.0. The Kier molecular flexibility index (Phi) is 3.82. The molecule has 2 atom stereocenters. The van der Waals surface area contributed by atoms with Crippen molar-refractivity contribution in [2.75, 3.05) is 0 Å². The van der Waals surface area contributed by atoms with Gasteiger partial charge in [0.15, 0.2) is 0 Å². The molecular weight excluding hydrogens is 213 g/mol. The lowest BCUT2D eigenvalue weighted by Gasteiger charge is -2.22. The zero-order chi connectivity index (χ0) is 12.4. The van der Waals surface area contributed by atoms with Gasteiger partial charge in [-0.2, -0.15) is 0 Å². The number of hydrogen-bond donors (Lipinski definition) is 1. The molecule has 1 aromatic carbocycles. The van der Waals surface area contributed by atoms with Crippen LogP contribution < -0.4 is 5.32 Å². The monoisotopic (exact) mass is 235 g/mol. The molecular formula is C15H22FN. The lowest BCUT2D eigenvalue weighted by molar-refractivity contribution is 0.395. The van der Waals surface area contributed by atoms with E-state index in [1.54, 1.807) is 12.1 Å². The molecule has 1 saturated carbocycles. The van der Waals surface area contributed by atoms with E-state index in [9.17, 15) is 4.39 Å². The fraction of sp³-hybridized carbons (Fsp3) is 0.600. The van der Waals surface area contributed by atoms with E-state index in [0.717, 1.165) is 18.0 Å². The van der Waals surface area contributed by atoms with Gasteiger partial charge in [0, 0.05) is 12.1 Å². The molecule has 0 radical (unpaired) electrons. The Morgan fingerprint density at radius 2 is 2.06 bits per heavy atom. The van der Waals surface area contributed by atoms with Crippen molar-refractivity contribution in [2.24, 2.45) is 5.92 Å². The quantitative estimate of drug-likeness (QED) is 0.824. The van der Waals surface area contributed by atoms with Gasteiger partial charge in [-0.3, -0.25) is 0 Å². The summed E-state index contributed by atoms with van der Waals surface area (Å²) in [6.07, 6.45) is 3.67. The summed E-state index contributed by atoms with van der Waals surface area (Å²) in [5, 5.41) is 3.63. The molecule has 1 fully saturated rings. The Bertz CT molecular complexity index is 385. The average molecular weight is 235 g/mol. The molecule has 0 heterocycles. The molecule has 1 N–H and O–H groups in total. The number of nitrogens with one attached hydrogen (secondary N) is 1. The van der Waals surface area contributed by atoms with Crippen LogP contribution in [-0.2, 0) is 6.42 Å². The number of aryl methyl sites for hydroxylation is 1. The van der Waals surface area contributed by atoms with E-state index in [-0.39, 0.29) is 5.82 Å². The second-order valence-corrected chi connectivity index (χ2v) is 5.48. The molecule has 2 heteroatoms. The summed E-state index contributed by atoms with van der Waals surface area (Å²) in [6.45, 7) is 6.51. The SMILES string of the molecule is Cc1cc(F)ccc1CC(C)C(C)NC1CC1. The highest BCUT2D eigenvalue weighted by Gasteiger charge is 2.25. The molecule has 0 aliphatic heterocycles. The first-order chi connectivity index (χ1) is 8.06. The third-order valence-corrected chi connectivity index (χ3v) is 3.78. The van der Waals surface area contributed by atoms with Crippen molar-refractivity contribution in [3.05, 3.63) is 35.1 Å². The van der Waals surface area contributed by atoms with Crippen molar-refractivity contribution in [1.29, 1.82) is 0 Å². The first kappa shape index (κ1) is 12.6. The van der Waals surface area contributed by atoms with E-state index < -0.39 is 0 Å². The lowest BCUT2D eigenvalue weighted by atomic mass is 9.92. The van der Waals surface area contributed by atoms with Gasteiger partial charge in [-0.1, -0.05) is 13.0 Å². The minimum Gasteiger partial charge on any atom is -0.311 e. The Labute approximate surface area is 103 Å². The van der Waals surface area contributed by atoms with Crippen LogP contribution in [0.5, 0.6) is 0 Å². The Balaban J connectivity index is 1.93. The number of benzene rings is 1.